The molecule has 0 saturated carbocycles. The largest absolute Gasteiger partial charge is 0.496 e. The van der Waals surface area contributed by atoms with Crippen LogP contribution in [0.4, 0.5) is 5.69 Å². The summed E-state index contributed by atoms with van der Waals surface area (Å²) >= 11 is 5.93. The van der Waals surface area contributed by atoms with Gasteiger partial charge in [-0.2, -0.15) is 5.26 Å². The van der Waals surface area contributed by atoms with Crippen LogP contribution in [0.3, 0.4) is 0 Å². The molecule has 3 nitrogen and oxygen atoms in total. The van der Waals surface area contributed by atoms with E-state index in [2.05, 4.69) is 23.1 Å². The van der Waals surface area contributed by atoms with Crippen molar-refractivity contribution >= 4 is 28.9 Å². The molecule has 1 aliphatic heterocycles. The Kier molecular flexibility index (Phi) is 5.63. The zero-order valence-corrected chi connectivity index (χ0v) is 15.1. The van der Waals surface area contributed by atoms with Crippen molar-refractivity contribution in [2.45, 2.75) is 19.3 Å². The Bertz CT molecular complexity index is 800. The van der Waals surface area contributed by atoms with Crippen molar-refractivity contribution in [3.05, 3.63) is 58.6 Å². The zero-order valence-electron chi connectivity index (χ0n) is 14.3. The van der Waals surface area contributed by atoms with Gasteiger partial charge in [0, 0.05) is 35.4 Å². The Labute approximate surface area is 154 Å². The molecule has 0 amide bonds. The van der Waals surface area contributed by atoms with Gasteiger partial charge in [0.25, 0.3) is 0 Å². The molecule has 4 heteroatoms. The van der Waals surface area contributed by atoms with E-state index in [1.165, 1.54) is 24.9 Å². The molecule has 0 unspecified atom stereocenters. The van der Waals surface area contributed by atoms with Gasteiger partial charge in [0.15, 0.2) is 0 Å². The first-order valence-corrected chi connectivity index (χ1v) is 8.90. The van der Waals surface area contributed by atoms with Crippen molar-refractivity contribution in [1.29, 1.82) is 5.26 Å². The molecule has 0 bridgehead atoms. The van der Waals surface area contributed by atoms with Gasteiger partial charge in [0.1, 0.15) is 5.75 Å². The standard InChI is InChI=1S/C21H21ClN2O/c1-25-21-14-20(24-11-3-2-4-12-24)10-7-17(21)13-18(15-23)16-5-8-19(22)9-6-16/h5-10,13-14H,2-4,11-12H2,1H3. The Morgan fingerprint density at radius 3 is 2.48 bits per heavy atom. The maximum atomic E-state index is 9.53. The van der Waals surface area contributed by atoms with E-state index in [4.69, 9.17) is 16.3 Å². The van der Waals surface area contributed by atoms with Crippen LogP contribution < -0.4 is 9.64 Å². The van der Waals surface area contributed by atoms with E-state index in [-0.39, 0.29) is 0 Å². The fourth-order valence-electron chi connectivity index (χ4n) is 3.13. The number of anilines is 1. The molecule has 0 aromatic heterocycles. The first-order valence-electron chi connectivity index (χ1n) is 8.52. The predicted molar refractivity (Wildman–Crippen MR) is 104 cm³/mol. The smallest absolute Gasteiger partial charge is 0.128 e. The van der Waals surface area contributed by atoms with E-state index >= 15 is 0 Å². The average Bonchev–Trinajstić information content (AvgIpc) is 2.67. The van der Waals surface area contributed by atoms with Crippen molar-refractivity contribution < 1.29 is 4.74 Å². The summed E-state index contributed by atoms with van der Waals surface area (Å²) in [6.07, 6.45) is 5.64. The van der Waals surface area contributed by atoms with Gasteiger partial charge < -0.3 is 9.64 Å². The monoisotopic (exact) mass is 352 g/mol. The second kappa shape index (κ2) is 8.09. The van der Waals surface area contributed by atoms with Gasteiger partial charge in [0.05, 0.1) is 18.8 Å². The molecule has 0 spiro atoms. The number of methoxy groups -OCH3 is 1. The number of rotatable bonds is 4. The number of halogens is 1. The van der Waals surface area contributed by atoms with Crippen LogP contribution in [0, 0.1) is 11.3 Å². The molecule has 1 saturated heterocycles. The summed E-state index contributed by atoms with van der Waals surface area (Å²) in [5, 5.41) is 10.2. The summed E-state index contributed by atoms with van der Waals surface area (Å²) in [7, 11) is 1.67. The highest BCUT2D eigenvalue weighted by molar-refractivity contribution is 6.30. The number of hydrogen-bond acceptors (Lipinski definition) is 3. The highest BCUT2D eigenvalue weighted by Gasteiger charge is 2.13. The third-order valence-electron chi connectivity index (χ3n) is 4.51. The van der Waals surface area contributed by atoms with Crippen molar-refractivity contribution in [3.63, 3.8) is 0 Å². The lowest BCUT2D eigenvalue weighted by molar-refractivity contribution is 0.413. The van der Waals surface area contributed by atoms with Crippen molar-refractivity contribution in [2.75, 3.05) is 25.1 Å². The van der Waals surface area contributed by atoms with E-state index < -0.39 is 0 Å². The van der Waals surface area contributed by atoms with Gasteiger partial charge in [-0.05, 0) is 55.2 Å². The fourth-order valence-corrected chi connectivity index (χ4v) is 3.26. The minimum Gasteiger partial charge on any atom is -0.496 e. The minimum absolute atomic E-state index is 0.584. The predicted octanol–water partition coefficient (Wildman–Crippen LogP) is 5.40. The first-order chi connectivity index (χ1) is 12.2. The first kappa shape index (κ1) is 17.4. The second-order valence-electron chi connectivity index (χ2n) is 6.15. The number of allylic oxidation sites excluding steroid dienone is 1. The lowest BCUT2D eigenvalue weighted by Gasteiger charge is -2.29. The summed E-state index contributed by atoms with van der Waals surface area (Å²) < 4.78 is 5.58. The quantitative estimate of drug-likeness (QED) is 0.545. The normalized spacial score (nSPS) is 14.9. The Morgan fingerprint density at radius 2 is 1.84 bits per heavy atom. The molecule has 0 radical (unpaired) electrons. The van der Waals surface area contributed by atoms with Crippen molar-refractivity contribution in [1.82, 2.24) is 0 Å². The third kappa shape index (κ3) is 4.15. The summed E-state index contributed by atoms with van der Waals surface area (Å²) in [6, 6.07) is 15.7. The van der Waals surface area contributed by atoms with E-state index in [1.54, 1.807) is 19.2 Å². The molecule has 1 aliphatic rings. The molecule has 3 rings (SSSR count). The topological polar surface area (TPSA) is 36.3 Å². The molecule has 0 N–H and O–H groups in total. The maximum Gasteiger partial charge on any atom is 0.128 e. The number of benzene rings is 2. The second-order valence-corrected chi connectivity index (χ2v) is 6.59. The number of nitrogens with zero attached hydrogens (tertiary/aromatic N) is 2. The van der Waals surface area contributed by atoms with Crippen LogP contribution in [-0.2, 0) is 0 Å². The maximum absolute atomic E-state index is 9.53. The van der Waals surface area contributed by atoms with Crippen LogP contribution in [0.2, 0.25) is 5.02 Å². The van der Waals surface area contributed by atoms with Gasteiger partial charge >= 0.3 is 0 Å². The van der Waals surface area contributed by atoms with Crippen LogP contribution in [0.5, 0.6) is 5.75 Å². The molecular formula is C21H21ClN2O. The van der Waals surface area contributed by atoms with Gasteiger partial charge in [-0.3, -0.25) is 0 Å². The van der Waals surface area contributed by atoms with E-state index in [0.29, 0.717) is 10.6 Å². The van der Waals surface area contributed by atoms with Gasteiger partial charge in [0.2, 0.25) is 0 Å². The van der Waals surface area contributed by atoms with Gasteiger partial charge in [-0.1, -0.05) is 23.7 Å². The average molecular weight is 353 g/mol. The summed E-state index contributed by atoms with van der Waals surface area (Å²) in [4.78, 5) is 2.39. The summed E-state index contributed by atoms with van der Waals surface area (Å²) in [6.45, 7) is 2.18. The minimum atomic E-state index is 0.584. The molecular weight excluding hydrogens is 332 g/mol. The van der Waals surface area contributed by atoms with Gasteiger partial charge in [-0.15, -0.1) is 0 Å². The van der Waals surface area contributed by atoms with E-state index in [9.17, 15) is 5.26 Å². The number of ether oxygens (including phenoxy) is 1. The number of piperidine rings is 1. The molecule has 1 heterocycles. The molecule has 128 valence electrons. The van der Waals surface area contributed by atoms with E-state index in [0.717, 1.165) is 30.0 Å². The van der Waals surface area contributed by atoms with Crippen molar-refractivity contribution in [3.8, 4) is 11.8 Å². The van der Waals surface area contributed by atoms with Crippen molar-refractivity contribution in [2.24, 2.45) is 0 Å². The molecule has 0 aliphatic carbocycles. The summed E-state index contributed by atoms with van der Waals surface area (Å²) in [5.41, 5.74) is 3.50. The molecule has 25 heavy (non-hydrogen) atoms. The zero-order chi connectivity index (χ0) is 17.6. The highest BCUT2D eigenvalue weighted by atomic mass is 35.5. The highest BCUT2D eigenvalue weighted by Crippen LogP contribution is 2.30. The van der Waals surface area contributed by atoms with Gasteiger partial charge in [-0.25, -0.2) is 0 Å². The van der Waals surface area contributed by atoms with Crippen LogP contribution >= 0.6 is 11.6 Å². The molecule has 0 atom stereocenters. The SMILES string of the molecule is COc1cc(N2CCCCC2)ccc1C=C(C#N)c1ccc(Cl)cc1. The Morgan fingerprint density at radius 1 is 1.12 bits per heavy atom. The molecule has 2 aromatic rings. The summed E-state index contributed by atoms with van der Waals surface area (Å²) in [5.74, 6) is 0.782. The molecule has 2 aromatic carbocycles. The lowest BCUT2D eigenvalue weighted by atomic mass is 10.0. The third-order valence-corrected chi connectivity index (χ3v) is 4.77. The van der Waals surface area contributed by atoms with Crippen LogP contribution in [0.25, 0.3) is 11.6 Å². The Hall–Kier alpha value is -2.44. The number of nitriles is 1. The fraction of sp³-hybridized carbons (Fsp3) is 0.286. The number of hydrogen-bond donors (Lipinski definition) is 0. The van der Waals surface area contributed by atoms with E-state index in [1.807, 2.05) is 24.3 Å². The molecule has 1 fully saturated rings. The van der Waals surface area contributed by atoms with Crippen LogP contribution in [0.1, 0.15) is 30.4 Å². The van der Waals surface area contributed by atoms with Crippen LogP contribution in [0.15, 0.2) is 42.5 Å². The Balaban J connectivity index is 1.92. The van der Waals surface area contributed by atoms with Crippen LogP contribution in [-0.4, -0.2) is 20.2 Å². The lowest BCUT2D eigenvalue weighted by Crippen LogP contribution is -2.29.